The molecule has 1 aliphatic carbocycles. The Balaban J connectivity index is 1.36. The number of likely N-dealkylation sites (tertiary alicyclic amines) is 1. The number of ether oxygens (including phenoxy) is 1. The Morgan fingerprint density at radius 2 is 2.14 bits per heavy atom. The molecule has 122 valence electrons. The maximum Gasteiger partial charge on any atom is 0.242 e. The van der Waals surface area contributed by atoms with Crippen LogP contribution in [0.4, 0.5) is 0 Å². The van der Waals surface area contributed by atoms with E-state index in [0.29, 0.717) is 31.3 Å². The monoisotopic (exact) mass is 309 g/mol. The number of amides is 1. The molecule has 0 unspecified atom stereocenters. The first-order chi connectivity index (χ1) is 10.6. The highest BCUT2D eigenvalue weighted by atomic mass is 16.5. The second-order valence-corrected chi connectivity index (χ2v) is 6.26. The molecule has 22 heavy (non-hydrogen) atoms. The molecule has 2 fully saturated rings. The Kier molecular flexibility index (Phi) is 4.73. The predicted molar refractivity (Wildman–Crippen MR) is 76.8 cm³/mol. The Bertz CT molecular complexity index is 513. The van der Waals surface area contributed by atoms with E-state index in [1.54, 1.807) is 11.8 Å². The van der Waals surface area contributed by atoms with Gasteiger partial charge >= 0.3 is 0 Å². The van der Waals surface area contributed by atoms with Crippen molar-refractivity contribution in [1.29, 1.82) is 0 Å². The fourth-order valence-electron chi connectivity index (χ4n) is 3.11. The predicted octanol–water partition coefficient (Wildman–Crippen LogP) is 1.05. The van der Waals surface area contributed by atoms with E-state index >= 15 is 0 Å². The zero-order chi connectivity index (χ0) is 15.5. The molecule has 1 aromatic heterocycles. The van der Waals surface area contributed by atoms with E-state index in [9.17, 15) is 9.90 Å². The van der Waals surface area contributed by atoms with Gasteiger partial charge in [0.2, 0.25) is 17.7 Å². The summed E-state index contributed by atoms with van der Waals surface area (Å²) in [7, 11) is 0. The van der Waals surface area contributed by atoms with Gasteiger partial charge in [0.05, 0.1) is 12.2 Å². The number of aliphatic hydroxyl groups excluding tert-OH is 1. The molecular weight excluding hydrogens is 286 g/mol. The fraction of sp³-hybridized carbons (Fsp3) is 0.800. The number of carbonyl (C=O) groups is 1. The number of aromatic nitrogens is 2. The molecule has 7 nitrogen and oxygen atoms in total. The molecule has 1 saturated heterocycles. The van der Waals surface area contributed by atoms with Crippen LogP contribution >= 0.6 is 0 Å². The number of aryl methyl sites for hydroxylation is 1. The van der Waals surface area contributed by atoms with Crippen molar-refractivity contribution in [3.63, 3.8) is 0 Å². The molecule has 0 radical (unpaired) electrons. The summed E-state index contributed by atoms with van der Waals surface area (Å²) in [5.41, 5.74) is 0. The Labute approximate surface area is 129 Å². The van der Waals surface area contributed by atoms with Gasteiger partial charge in [-0.05, 0) is 18.8 Å². The van der Waals surface area contributed by atoms with Crippen molar-refractivity contribution < 1.29 is 19.1 Å². The zero-order valence-electron chi connectivity index (χ0n) is 12.9. The van der Waals surface area contributed by atoms with Crippen LogP contribution in [-0.2, 0) is 16.1 Å². The number of hydrogen-bond acceptors (Lipinski definition) is 6. The van der Waals surface area contributed by atoms with E-state index in [2.05, 4.69) is 10.2 Å². The molecular formula is C15H23N3O4. The van der Waals surface area contributed by atoms with E-state index in [1.165, 1.54) is 0 Å². The van der Waals surface area contributed by atoms with Crippen molar-refractivity contribution in [3.05, 3.63) is 11.8 Å². The second-order valence-electron chi connectivity index (χ2n) is 6.26. The van der Waals surface area contributed by atoms with Gasteiger partial charge in [0.15, 0.2) is 0 Å². The van der Waals surface area contributed by atoms with E-state index < -0.39 is 0 Å². The van der Waals surface area contributed by atoms with Crippen molar-refractivity contribution in [2.24, 2.45) is 5.92 Å². The largest absolute Gasteiger partial charge is 0.423 e. The minimum absolute atomic E-state index is 0.0347. The number of nitrogens with zero attached hydrogens (tertiary/aromatic N) is 3. The van der Waals surface area contributed by atoms with Crippen molar-refractivity contribution in [2.75, 3.05) is 13.1 Å². The van der Waals surface area contributed by atoms with Gasteiger partial charge in [0.1, 0.15) is 6.61 Å². The van der Waals surface area contributed by atoms with Crippen molar-refractivity contribution in [1.82, 2.24) is 15.1 Å². The van der Waals surface area contributed by atoms with Gasteiger partial charge in [0, 0.05) is 26.4 Å². The number of carbonyl (C=O) groups excluding carboxylic acids is 1. The van der Waals surface area contributed by atoms with Crippen molar-refractivity contribution in [2.45, 2.75) is 57.8 Å². The second kappa shape index (κ2) is 6.75. The lowest BCUT2D eigenvalue weighted by Gasteiger charge is -2.40. The maximum absolute atomic E-state index is 12.2. The van der Waals surface area contributed by atoms with Crippen LogP contribution in [0, 0.1) is 12.8 Å². The minimum atomic E-state index is -0.313. The molecule has 7 heteroatoms. The smallest absolute Gasteiger partial charge is 0.242 e. The van der Waals surface area contributed by atoms with Gasteiger partial charge in [-0.15, -0.1) is 10.2 Å². The molecule has 0 bridgehead atoms. The van der Waals surface area contributed by atoms with Crippen LogP contribution in [-0.4, -0.2) is 51.4 Å². The lowest BCUT2D eigenvalue weighted by molar-refractivity contribution is -0.148. The van der Waals surface area contributed by atoms with E-state index in [4.69, 9.17) is 9.15 Å². The van der Waals surface area contributed by atoms with Gasteiger partial charge in [-0.1, -0.05) is 12.8 Å². The first-order valence-electron chi connectivity index (χ1n) is 7.98. The molecule has 3 rings (SSSR count). The average molecular weight is 309 g/mol. The molecule has 1 amide bonds. The van der Waals surface area contributed by atoms with Gasteiger partial charge in [-0.25, -0.2) is 0 Å². The third kappa shape index (κ3) is 3.64. The summed E-state index contributed by atoms with van der Waals surface area (Å²) in [4.78, 5) is 14.0. The lowest BCUT2D eigenvalue weighted by atomic mass is 9.84. The van der Waals surface area contributed by atoms with E-state index in [-0.39, 0.29) is 30.6 Å². The van der Waals surface area contributed by atoms with Gasteiger partial charge < -0.3 is 19.2 Å². The third-order valence-corrected chi connectivity index (χ3v) is 4.52. The Morgan fingerprint density at radius 1 is 1.36 bits per heavy atom. The fourth-order valence-corrected chi connectivity index (χ4v) is 3.11. The van der Waals surface area contributed by atoms with Gasteiger partial charge in [-0.3, -0.25) is 4.79 Å². The number of rotatable bonds is 5. The SMILES string of the molecule is Cc1nnc(COC2CN(C(=O)C[C@H]3CCCC[C@@H]3O)C2)o1. The topological polar surface area (TPSA) is 88.7 Å². The van der Waals surface area contributed by atoms with Crippen LogP contribution in [0.25, 0.3) is 0 Å². The Hall–Kier alpha value is -1.47. The quantitative estimate of drug-likeness (QED) is 0.874. The van der Waals surface area contributed by atoms with Crippen LogP contribution in [0.2, 0.25) is 0 Å². The molecule has 2 aliphatic rings. The summed E-state index contributed by atoms with van der Waals surface area (Å²) in [6.07, 6.45) is 4.14. The number of hydrogen-bond donors (Lipinski definition) is 1. The summed E-state index contributed by atoms with van der Waals surface area (Å²) in [6.45, 7) is 3.23. The van der Waals surface area contributed by atoms with Gasteiger partial charge in [-0.2, -0.15) is 0 Å². The summed E-state index contributed by atoms with van der Waals surface area (Å²) >= 11 is 0. The molecule has 1 saturated carbocycles. The molecule has 0 spiro atoms. The first-order valence-corrected chi connectivity index (χ1v) is 7.98. The third-order valence-electron chi connectivity index (χ3n) is 4.52. The van der Waals surface area contributed by atoms with Crippen LogP contribution < -0.4 is 0 Å². The van der Waals surface area contributed by atoms with Crippen LogP contribution in [0.5, 0.6) is 0 Å². The first kappa shape index (κ1) is 15.4. The maximum atomic E-state index is 12.2. The Morgan fingerprint density at radius 3 is 2.82 bits per heavy atom. The highest BCUT2D eigenvalue weighted by Gasteiger charge is 2.34. The molecule has 2 atom stereocenters. The molecule has 1 aliphatic heterocycles. The normalized spacial score (nSPS) is 26.0. The standard InChI is InChI=1S/C15H23N3O4/c1-10-16-17-14(22-10)9-21-12-7-18(8-12)15(20)6-11-4-2-3-5-13(11)19/h11-13,19H,2-9H2,1H3/t11-,13+/m1/s1. The van der Waals surface area contributed by atoms with Gasteiger partial charge in [0.25, 0.3) is 0 Å². The van der Waals surface area contributed by atoms with E-state index in [0.717, 1.165) is 25.7 Å². The number of aliphatic hydroxyl groups is 1. The van der Waals surface area contributed by atoms with E-state index in [1.807, 2.05) is 0 Å². The summed E-state index contributed by atoms with van der Waals surface area (Å²) in [5, 5.41) is 17.5. The van der Waals surface area contributed by atoms with Crippen LogP contribution in [0.1, 0.15) is 43.9 Å². The average Bonchev–Trinajstić information content (AvgIpc) is 2.85. The summed E-state index contributed by atoms with van der Waals surface area (Å²) in [5.74, 6) is 1.24. The molecule has 2 heterocycles. The van der Waals surface area contributed by atoms with Crippen LogP contribution in [0.15, 0.2) is 4.42 Å². The zero-order valence-corrected chi connectivity index (χ0v) is 12.9. The summed E-state index contributed by atoms with van der Waals surface area (Å²) < 4.78 is 10.9. The van der Waals surface area contributed by atoms with Crippen molar-refractivity contribution >= 4 is 5.91 Å². The highest BCUT2D eigenvalue weighted by molar-refractivity contribution is 5.77. The highest BCUT2D eigenvalue weighted by Crippen LogP contribution is 2.28. The van der Waals surface area contributed by atoms with Crippen LogP contribution in [0.3, 0.4) is 0 Å². The molecule has 1 aromatic rings. The lowest BCUT2D eigenvalue weighted by Crippen LogP contribution is -2.55. The molecule has 1 N–H and O–H groups in total. The summed E-state index contributed by atoms with van der Waals surface area (Å²) in [6, 6.07) is 0. The molecule has 0 aromatic carbocycles. The minimum Gasteiger partial charge on any atom is -0.423 e. The van der Waals surface area contributed by atoms with Crippen molar-refractivity contribution in [3.8, 4) is 0 Å².